The molecule has 0 saturated carbocycles. The highest BCUT2D eigenvalue weighted by molar-refractivity contribution is 5.83. The molecule has 0 atom stereocenters. The maximum Gasteiger partial charge on any atom is 0.134 e. The van der Waals surface area contributed by atoms with Crippen molar-refractivity contribution in [3.8, 4) is 0 Å². The van der Waals surface area contributed by atoms with Gasteiger partial charge in [-0.2, -0.15) is 0 Å². The van der Waals surface area contributed by atoms with Crippen molar-refractivity contribution in [1.29, 1.82) is 0 Å². The van der Waals surface area contributed by atoms with Gasteiger partial charge in [-0.05, 0) is 37.1 Å². The molecular weight excluding hydrogens is 160 g/mol. The van der Waals surface area contributed by atoms with Crippen molar-refractivity contribution in [2.24, 2.45) is 0 Å². The lowest BCUT2D eigenvalue weighted by atomic mass is 10.1. The fourth-order valence-electron chi connectivity index (χ4n) is 1.47. The van der Waals surface area contributed by atoms with Gasteiger partial charge in [0.15, 0.2) is 0 Å². The zero-order valence-electron chi connectivity index (χ0n) is 7.87. The lowest BCUT2D eigenvalue weighted by Crippen LogP contribution is -1.72. The summed E-state index contributed by atoms with van der Waals surface area (Å²) in [6.45, 7) is 4.08. The highest BCUT2D eigenvalue weighted by atomic mass is 16.3. The largest absolute Gasteiger partial charge is 0.464 e. The van der Waals surface area contributed by atoms with Crippen molar-refractivity contribution in [3.63, 3.8) is 0 Å². The van der Waals surface area contributed by atoms with E-state index < -0.39 is 0 Å². The molecule has 0 bridgehead atoms. The van der Waals surface area contributed by atoms with Gasteiger partial charge in [0.1, 0.15) is 5.58 Å². The van der Waals surface area contributed by atoms with Crippen LogP contribution in [0.3, 0.4) is 0 Å². The number of fused-ring (bicyclic) bond motifs is 1. The van der Waals surface area contributed by atoms with Crippen LogP contribution in [0, 0.1) is 6.92 Å². The first kappa shape index (κ1) is 8.11. The zero-order chi connectivity index (χ0) is 9.26. The van der Waals surface area contributed by atoms with Gasteiger partial charge in [0.25, 0.3) is 0 Å². The number of allylic oxidation sites excluding steroid dienone is 1. The Labute approximate surface area is 77.7 Å². The Morgan fingerprint density at radius 1 is 1.31 bits per heavy atom. The van der Waals surface area contributed by atoms with Gasteiger partial charge in [-0.15, -0.1) is 0 Å². The van der Waals surface area contributed by atoms with Crippen LogP contribution in [0.1, 0.15) is 18.1 Å². The summed E-state index contributed by atoms with van der Waals surface area (Å²) < 4.78 is 5.36. The summed E-state index contributed by atoms with van der Waals surface area (Å²) in [6.07, 6.45) is 5.92. The molecule has 1 heteroatoms. The third kappa shape index (κ3) is 1.37. The van der Waals surface area contributed by atoms with E-state index in [1.54, 1.807) is 6.26 Å². The number of hydrogen-bond acceptors (Lipinski definition) is 1. The summed E-state index contributed by atoms with van der Waals surface area (Å²) >= 11 is 0. The van der Waals surface area contributed by atoms with Gasteiger partial charge in [0.05, 0.1) is 6.26 Å². The second-order valence-corrected chi connectivity index (χ2v) is 3.17. The lowest BCUT2D eigenvalue weighted by molar-refractivity contribution is 0.613. The maximum absolute atomic E-state index is 5.36. The summed E-state index contributed by atoms with van der Waals surface area (Å²) in [5.41, 5.74) is 3.38. The topological polar surface area (TPSA) is 13.1 Å². The smallest absolute Gasteiger partial charge is 0.134 e. The van der Waals surface area contributed by atoms with Gasteiger partial charge in [-0.3, -0.25) is 0 Å². The van der Waals surface area contributed by atoms with Crippen molar-refractivity contribution >= 4 is 17.0 Å². The van der Waals surface area contributed by atoms with Crippen LogP contribution >= 0.6 is 0 Å². The molecule has 0 N–H and O–H groups in total. The molecule has 0 amide bonds. The molecule has 1 aromatic heterocycles. The molecule has 1 nitrogen and oxygen atoms in total. The standard InChI is InChI=1S/C12H12O/c1-3-4-10-5-6-12-11(7-10)9(2)8-13-12/h3-8H,1-2H3/b4-3+. The van der Waals surface area contributed by atoms with Crippen LogP contribution in [-0.4, -0.2) is 0 Å². The van der Waals surface area contributed by atoms with Crippen LogP contribution in [-0.2, 0) is 0 Å². The van der Waals surface area contributed by atoms with Gasteiger partial charge < -0.3 is 4.42 Å². The Morgan fingerprint density at radius 2 is 2.15 bits per heavy atom. The number of rotatable bonds is 1. The molecule has 0 aliphatic rings. The fourth-order valence-corrected chi connectivity index (χ4v) is 1.47. The molecule has 2 rings (SSSR count). The monoisotopic (exact) mass is 172 g/mol. The molecule has 0 saturated heterocycles. The van der Waals surface area contributed by atoms with Crippen LogP contribution < -0.4 is 0 Å². The third-order valence-corrected chi connectivity index (χ3v) is 2.15. The minimum absolute atomic E-state index is 0.964. The normalized spacial score (nSPS) is 11.5. The average Bonchev–Trinajstić information content (AvgIpc) is 2.49. The summed E-state index contributed by atoms with van der Waals surface area (Å²) in [4.78, 5) is 0. The Morgan fingerprint density at radius 3 is 2.92 bits per heavy atom. The Balaban J connectivity index is 2.65. The Hall–Kier alpha value is -1.50. The first-order valence-corrected chi connectivity index (χ1v) is 4.42. The summed E-state index contributed by atoms with van der Waals surface area (Å²) in [5.74, 6) is 0. The van der Waals surface area contributed by atoms with Gasteiger partial charge in [-0.25, -0.2) is 0 Å². The molecule has 66 valence electrons. The predicted molar refractivity (Wildman–Crippen MR) is 55.7 cm³/mol. The lowest BCUT2D eigenvalue weighted by Gasteiger charge is -1.93. The predicted octanol–water partition coefficient (Wildman–Crippen LogP) is 3.77. The van der Waals surface area contributed by atoms with Crippen LogP contribution in [0.4, 0.5) is 0 Å². The number of hydrogen-bond donors (Lipinski definition) is 0. The van der Waals surface area contributed by atoms with E-state index in [1.165, 1.54) is 16.5 Å². The van der Waals surface area contributed by atoms with Crippen LogP contribution in [0.15, 0.2) is 35.0 Å². The molecule has 1 aromatic carbocycles. The first-order valence-electron chi connectivity index (χ1n) is 4.42. The zero-order valence-corrected chi connectivity index (χ0v) is 7.87. The first-order chi connectivity index (χ1) is 6.31. The van der Waals surface area contributed by atoms with Crippen molar-refractivity contribution < 1.29 is 4.42 Å². The third-order valence-electron chi connectivity index (χ3n) is 2.15. The molecule has 0 spiro atoms. The molecule has 0 aliphatic carbocycles. The van der Waals surface area contributed by atoms with E-state index in [9.17, 15) is 0 Å². The van der Waals surface area contributed by atoms with Crippen molar-refractivity contribution in [2.75, 3.05) is 0 Å². The van der Waals surface area contributed by atoms with Crippen molar-refractivity contribution in [3.05, 3.63) is 41.7 Å². The Bertz CT molecular complexity index is 449. The Kier molecular flexibility index (Phi) is 1.93. The van der Waals surface area contributed by atoms with Gasteiger partial charge in [-0.1, -0.05) is 18.2 Å². The molecule has 13 heavy (non-hydrogen) atoms. The molecule has 0 unspecified atom stereocenters. The van der Waals surface area contributed by atoms with Gasteiger partial charge in [0.2, 0.25) is 0 Å². The SMILES string of the molecule is C/C=C/c1ccc2occ(C)c2c1. The van der Waals surface area contributed by atoms with E-state index in [0.29, 0.717) is 0 Å². The van der Waals surface area contributed by atoms with E-state index in [1.807, 2.05) is 19.1 Å². The molecular formula is C12H12O. The fraction of sp³-hybridized carbons (Fsp3) is 0.167. The maximum atomic E-state index is 5.36. The highest BCUT2D eigenvalue weighted by Gasteiger charge is 2.00. The minimum Gasteiger partial charge on any atom is -0.464 e. The molecule has 0 fully saturated rings. The van der Waals surface area contributed by atoms with Crippen LogP contribution in [0.2, 0.25) is 0 Å². The summed E-state index contributed by atoms with van der Waals surface area (Å²) in [5, 5.41) is 1.20. The average molecular weight is 172 g/mol. The van der Waals surface area contributed by atoms with Gasteiger partial charge >= 0.3 is 0 Å². The van der Waals surface area contributed by atoms with Crippen LogP contribution in [0.25, 0.3) is 17.0 Å². The number of furan rings is 1. The number of benzene rings is 1. The quantitative estimate of drug-likeness (QED) is 0.638. The second kappa shape index (κ2) is 3.09. The summed E-state index contributed by atoms with van der Waals surface area (Å²) in [7, 11) is 0. The van der Waals surface area contributed by atoms with E-state index in [-0.39, 0.29) is 0 Å². The van der Waals surface area contributed by atoms with E-state index >= 15 is 0 Å². The number of aryl methyl sites for hydroxylation is 1. The van der Waals surface area contributed by atoms with E-state index in [0.717, 1.165) is 5.58 Å². The summed E-state index contributed by atoms with van der Waals surface area (Å²) in [6, 6.07) is 6.22. The van der Waals surface area contributed by atoms with E-state index in [4.69, 9.17) is 4.42 Å². The highest BCUT2D eigenvalue weighted by Crippen LogP contribution is 2.22. The molecule has 1 heterocycles. The minimum atomic E-state index is 0.964. The second-order valence-electron chi connectivity index (χ2n) is 3.17. The van der Waals surface area contributed by atoms with E-state index in [2.05, 4.69) is 25.1 Å². The molecule has 0 aliphatic heterocycles. The molecule has 2 aromatic rings. The van der Waals surface area contributed by atoms with Crippen LogP contribution in [0.5, 0.6) is 0 Å². The van der Waals surface area contributed by atoms with Crippen molar-refractivity contribution in [2.45, 2.75) is 13.8 Å². The van der Waals surface area contributed by atoms with Gasteiger partial charge in [0, 0.05) is 5.39 Å². The molecule has 0 radical (unpaired) electrons. The van der Waals surface area contributed by atoms with Crippen molar-refractivity contribution in [1.82, 2.24) is 0 Å².